The van der Waals surface area contributed by atoms with Crippen LogP contribution in [0.25, 0.3) is 11.1 Å². The van der Waals surface area contributed by atoms with Gasteiger partial charge < -0.3 is 15.2 Å². The average molecular weight is 567 g/mol. The summed E-state index contributed by atoms with van der Waals surface area (Å²) in [5.74, 6) is -0.126. The number of likely N-dealkylation sites (tertiary alicyclic amines) is 1. The largest absolute Gasteiger partial charge is 0.492 e. The summed E-state index contributed by atoms with van der Waals surface area (Å²) in [6, 6.07) is 7.99. The Hall–Kier alpha value is -3.32. The van der Waals surface area contributed by atoms with Gasteiger partial charge in [0.05, 0.1) is 18.9 Å². The number of sulfonamides is 1. The van der Waals surface area contributed by atoms with Gasteiger partial charge in [0.15, 0.2) is 0 Å². The summed E-state index contributed by atoms with van der Waals surface area (Å²) in [5, 5.41) is 17.9. The molecular weight excluding hydrogens is 532 g/mol. The quantitative estimate of drug-likeness (QED) is 0.489. The third-order valence-electron chi connectivity index (χ3n) is 8.30. The molecule has 1 spiro atoms. The predicted octanol–water partition coefficient (Wildman–Crippen LogP) is 1.54. The molecule has 2 saturated heterocycles. The van der Waals surface area contributed by atoms with E-state index in [1.54, 1.807) is 35.4 Å². The molecule has 5 heterocycles. The molecule has 11 nitrogen and oxygen atoms in total. The van der Waals surface area contributed by atoms with Crippen LogP contribution < -0.4 is 10.1 Å². The normalized spacial score (nSPS) is 24.9. The van der Waals surface area contributed by atoms with Gasteiger partial charge >= 0.3 is 0 Å². The zero-order valence-electron chi connectivity index (χ0n) is 22.4. The second-order valence-electron chi connectivity index (χ2n) is 11.0. The molecule has 2 N–H and O–H groups in total. The van der Waals surface area contributed by atoms with E-state index in [9.17, 15) is 18.3 Å². The number of pyridine rings is 1. The standard InChI is InChI=1S/C28H34N6O5S/c1-32-18-22(16-30-32)21-2-3-26-25(14-21)39-13-8-28(6-11-33(12-7-28)17-20-4-9-29-10-5-20)31-27(36)24-15-23(35)19-34(24)40(26,37)38/h2-5,9-10,14,16,18,23-24,35H,6-8,11-13,15,17,19H2,1H3,(H,31,36)/t23-,24+/m1/s1. The summed E-state index contributed by atoms with van der Waals surface area (Å²) < 4.78 is 36.8. The van der Waals surface area contributed by atoms with Crippen LogP contribution in [0.2, 0.25) is 0 Å². The molecular formula is C28H34N6O5S. The number of nitrogens with zero attached hydrogens (tertiary/aromatic N) is 5. The number of hydrogen-bond donors (Lipinski definition) is 2. The maximum Gasteiger partial charge on any atom is 0.247 e. The van der Waals surface area contributed by atoms with Crippen LogP contribution >= 0.6 is 0 Å². The minimum atomic E-state index is -4.13. The Morgan fingerprint density at radius 1 is 1.12 bits per heavy atom. The zero-order chi connectivity index (χ0) is 27.9. The van der Waals surface area contributed by atoms with Crippen LogP contribution in [0, 0.1) is 0 Å². The molecule has 6 rings (SSSR count). The number of carbonyl (C=O) groups is 1. The van der Waals surface area contributed by atoms with E-state index in [0.29, 0.717) is 19.3 Å². The van der Waals surface area contributed by atoms with Gasteiger partial charge in [-0.3, -0.25) is 19.4 Å². The average Bonchev–Trinajstić information content (AvgIpc) is 3.56. The molecule has 1 aromatic carbocycles. The topological polar surface area (TPSA) is 130 Å². The van der Waals surface area contributed by atoms with Crippen LogP contribution in [0.15, 0.2) is 60.0 Å². The molecule has 2 fully saturated rings. The molecule has 212 valence electrons. The molecule has 3 aliphatic heterocycles. The number of aliphatic hydroxyl groups is 1. The Kier molecular flexibility index (Phi) is 7.11. The monoisotopic (exact) mass is 566 g/mol. The van der Waals surface area contributed by atoms with Crippen molar-refractivity contribution in [2.75, 3.05) is 26.2 Å². The van der Waals surface area contributed by atoms with E-state index in [4.69, 9.17) is 4.74 Å². The highest BCUT2D eigenvalue weighted by molar-refractivity contribution is 7.89. The fourth-order valence-corrected chi connectivity index (χ4v) is 7.77. The number of fused-ring (bicyclic) bond motifs is 2. The zero-order valence-corrected chi connectivity index (χ0v) is 23.3. The first-order chi connectivity index (χ1) is 19.2. The van der Waals surface area contributed by atoms with E-state index in [0.717, 1.165) is 35.1 Å². The number of carbonyl (C=O) groups excluding carboxylic acids is 1. The lowest BCUT2D eigenvalue weighted by atomic mass is 9.84. The number of piperidine rings is 1. The first kappa shape index (κ1) is 26.9. The molecule has 12 heteroatoms. The Bertz CT molecular complexity index is 1490. The van der Waals surface area contributed by atoms with Gasteiger partial charge in [-0.1, -0.05) is 6.07 Å². The van der Waals surface area contributed by atoms with Gasteiger partial charge in [0.25, 0.3) is 0 Å². The molecule has 1 amide bonds. The number of nitrogens with one attached hydrogen (secondary N) is 1. The molecule has 0 radical (unpaired) electrons. The highest BCUT2D eigenvalue weighted by Crippen LogP contribution is 2.37. The number of amides is 1. The van der Waals surface area contributed by atoms with Gasteiger partial charge in [-0.2, -0.15) is 9.40 Å². The number of benzene rings is 1. The van der Waals surface area contributed by atoms with Crippen LogP contribution in [0.1, 0.15) is 31.2 Å². The van der Waals surface area contributed by atoms with Crippen LogP contribution in [-0.2, 0) is 28.4 Å². The smallest absolute Gasteiger partial charge is 0.247 e. The second kappa shape index (κ2) is 10.6. The van der Waals surface area contributed by atoms with E-state index in [2.05, 4.69) is 20.3 Å². The van der Waals surface area contributed by atoms with Crippen molar-refractivity contribution >= 4 is 15.9 Å². The van der Waals surface area contributed by atoms with Gasteiger partial charge in [-0.05, 0) is 48.2 Å². The van der Waals surface area contributed by atoms with E-state index < -0.39 is 27.7 Å². The molecule has 0 unspecified atom stereocenters. The molecule has 2 aromatic heterocycles. The van der Waals surface area contributed by atoms with Crippen molar-refractivity contribution in [3.63, 3.8) is 0 Å². The van der Waals surface area contributed by atoms with E-state index in [1.807, 2.05) is 25.4 Å². The fraction of sp³-hybridized carbons (Fsp3) is 0.464. The number of aromatic nitrogens is 3. The summed E-state index contributed by atoms with van der Waals surface area (Å²) in [4.78, 5) is 20.1. The summed E-state index contributed by atoms with van der Waals surface area (Å²) in [7, 11) is -2.31. The Morgan fingerprint density at radius 3 is 2.62 bits per heavy atom. The number of aliphatic hydroxyl groups excluding tert-OH is 1. The van der Waals surface area contributed by atoms with E-state index in [-0.39, 0.29) is 36.1 Å². The molecule has 3 aliphatic rings. The van der Waals surface area contributed by atoms with Crippen molar-refractivity contribution in [2.24, 2.45) is 7.05 Å². The van der Waals surface area contributed by atoms with Gasteiger partial charge in [-0.25, -0.2) is 8.42 Å². The minimum absolute atomic E-state index is 0.00448. The van der Waals surface area contributed by atoms with Gasteiger partial charge in [-0.15, -0.1) is 0 Å². The van der Waals surface area contributed by atoms with Gasteiger partial charge in [0.1, 0.15) is 16.7 Å². The lowest BCUT2D eigenvalue weighted by Crippen LogP contribution is -2.59. The Balaban J connectivity index is 1.31. The number of aryl methyl sites for hydroxylation is 1. The molecule has 0 saturated carbocycles. The molecule has 2 atom stereocenters. The molecule has 0 bridgehead atoms. The van der Waals surface area contributed by atoms with Crippen molar-refractivity contribution in [1.82, 2.24) is 29.3 Å². The number of hydrogen-bond acceptors (Lipinski definition) is 8. The highest BCUT2D eigenvalue weighted by atomic mass is 32.2. The van der Waals surface area contributed by atoms with Crippen LogP contribution in [0.3, 0.4) is 0 Å². The summed E-state index contributed by atoms with van der Waals surface area (Å²) in [6.45, 7) is 2.46. The minimum Gasteiger partial charge on any atom is -0.492 e. The highest BCUT2D eigenvalue weighted by Gasteiger charge is 2.47. The lowest BCUT2D eigenvalue weighted by Gasteiger charge is -2.43. The van der Waals surface area contributed by atoms with E-state index >= 15 is 0 Å². The third-order valence-corrected chi connectivity index (χ3v) is 10.2. The molecule has 40 heavy (non-hydrogen) atoms. The summed E-state index contributed by atoms with van der Waals surface area (Å²) in [6.07, 6.45) is 8.22. The number of ether oxygens (including phenoxy) is 1. The lowest BCUT2D eigenvalue weighted by molar-refractivity contribution is -0.127. The predicted molar refractivity (Wildman–Crippen MR) is 147 cm³/mol. The first-order valence-electron chi connectivity index (χ1n) is 13.6. The van der Waals surface area contributed by atoms with Crippen molar-refractivity contribution in [3.05, 3.63) is 60.7 Å². The fourth-order valence-electron chi connectivity index (χ4n) is 6.02. The van der Waals surface area contributed by atoms with Crippen molar-refractivity contribution < 1.29 is 23.1 Å². The van der Waals surface area contributed by atoms with Gasteiger partial charge in [0, 0.05) is 75.8 Å². The maximum absolute atomic E-state index is 13.9. The van der Waals surface area contributed by atoms with Crippen molar-refractivity contribution in [2.45, 2.75) is 54.8 Å². The summed E-state index contributed by atoms with van der Waals surface area (Å²) in [5.41, 5.74) is 2.26. The van der Waals surface area contributed by atoms with Gasteiger partial charge in [0.2, 0.25) is 15.9 Å². The van der Waals surface area contributed by atoms with E-state index in [1.165, 1.54) is 11.6 Å². The summed E-state index contributed by atoms with van der Waals surface area (Å²) >= 11 is 0. The molecule has 0 aliphatic carbocycles. The molecule has 3 aromatic rings. The van der Waals surface area contributed by atoms with Crippen LogP contribution in [0.4, 0.5) is 0 Å². The van der Waals surface area contributed by atoms with Crippen LogP contribution in [-0.4, -0.2) is 87.3 Å². The van der Waals surface area contributed by atoms with Crippen molar-refractivity contribution in [3.8, 4) is 16.9 Å². The van der Waals surface area contributed by atoms with Crippen molar-refractivity contribution in [1.29, 1.82) is 0 Å². The third kappa shape index (κ3) is 5.24. The second-order valence-corrected chi connectivity index (χ2v) is 12.9. The maximum atomic E-state index is 13.9. The Morgan fingerprint density at radius 2 is 1.90 bits per heavy atom. The SMILES string of the molecule is Cn1cc(-c2ccc3c(c2)OCCC2(CCN(Cc4ccncc4)CC2)NC(=O)[C@@H]2C[C@@H](O)CN2S3(=O)=O)cn1. The first-order valence-corrected chi connectivity index (χ1v) is 15.1. The van der Waals surface area contributed by atoms with Crippen LogP contribution in [0.5, 0.6) is 5.75 Å². The Labute approximate surface area is 233 Å². The number of rotatable bonds is 3.